The Morgan fingerprint density at radius 1 is 1.05 bits per heavy atom. The Labute approximate surface area is 133 Å². The molecular weight excluding hydrogens is 274 g/mol. The van der Waals surface area contributed by atoms with Crippen molar-refractivity contribution in [1.82, 2.24) is 0 Å². The molecule has 0 aliphatic heterocycles. The van der Waals surface area contributed by atoms with Crippen molar-refractivity contribution in [2.45, 2.75) is 38.1 Å². The predicted octanol–water partition coefficient (Wildman–Crippen LogP) is 4.99. The van der Waals surface area contributed by atoms with E-state index in [9.17, 15) is 0 Å². The lowest BCUT2D eigenvalue weighted by atomic mass is 9.99. The van der Waals surface area contributed by atoms with Gasteiger partial charge in [-0.2, -0.15) is 0 Å². The average Bonchev–Trinajstić information content (AvgIpc) is 2.46. The van der Waals surface area contributed by atoms with Crippen LogP contribution in [0.1, 0.15) is 36.6 Å². The summed E-state index contributed by atoms with van der Waals surface area (Å²) < 4.78 is 0. The number of thioether (sulfide) groups is 1. The van der Waals surface area contributed by atoms with E-state index < -0.39 is 0 Å². The van der Waals surface area contributed by atoms with Gasteiger partial charge in [0, 0.05) is 16.7 Å². The number of aryl methyl sites for hydroxylation is 1. The summed E-state index contributed by atoms with van der Waals surface area (Å²) in [5.41, 5.74) is 10.3. The fraction of sp³-hybridized carbons (Fsp3) is 0.368. The third kappa shape index (κ3) is 5.22. The zero-order valence-electron chi connectivity index (χ0n) is 13.2. The Bertz CT molecular complexity index is 560. The average molecular weight is 299 g/mol. The maximum absolute atomic E-state index is 6.35. The van der Waals surface area contributed by atoms with Crippen molar-refractivity contribution in [3.05, 3.63) is 65.2 Å². The summed E-state index contributed by atoms with van der Waals surface area (Å²) in [6, 6.07) is 17.5. The summed E-state index contributed by atoms with van der Waals surface area (Å²) in [6.07, 6.45) is 1.12. The number of hydrogen-bond donors (Lipinski definition) is 1. The SMILES string of the molecule is Cc1ccc(SCC(N)c2cccc(CC(C)C)c2)cc1. The zero-order chi connectivity index (χ0) is 15.2. The number of hydrogen-bond acceptors (Lipinski definition) is 2. The highest BCUT2D eigenvalue weighted by Crippen LogP contribution is 2.24. The Balaban J connectivity index is 1.96. The molecule has 0 spiro atoms. The fourth-order valence-electron chi connectivity index (χ4n) is 2.34. The van der Waals surface area contributed by atoms with E-state index in [0.29, 0.717) is 5.92 Å². The van der Waals surface area contributed by atoms with Gasteiger partial charge < -0.3 is 5.73 Å². The molecule has 0 aliphatic rings. The van der Waals surface area contributed by atoms with E-state index in [1.807, 2.05) is 11.8 Å². The van der Waals surface area contributed by atoms with Crippen LogP contribution in [-0.4, -0.2) is 5.75 Å². The molecule has 1 atom stereocenters. The molecule has 2 aromatic carbocycles. The molecule has 2 aromatic rings. The van der Waals surface area contributed by atoms with Crippen LogP contribution in [-0.2, 0) is 6.42 Å². The highest BCUT2D eigenvalue weighted by molar-refractivity contribution is 7.99. The summed E-state index contributed by atoms with van der Waals surface area (Å²) in [5.74, 6) is 1.59. The van der Waals surface area contributed by atoms with Gasteiger partial charge in [0.25, 0.3) is 0 Å². The maximum Gasteiger partial charge on any atom is 0.0390 e. The van der Waals surface area contributed by atoms with E-state index in [0.717, 1.165) is 12.2 Å². The second-order valence-electron chi connectivity index (χ2n) is 6.07. The first-order valence-electron chi connectivity index (χ1n) is 7.58. The zero-order valence-corrected chi connectivity index (χ0v) is 14.0. The first-order valence-corrected chi connectivity index (χ1v) is 8.57. The molecule has 0 aliphatic carbocycles. The fourth-order valence-corrected chi connectivity index (χ4v) is 3.23. The van der Waals surface area contributed by atoms with E-state index in [1.54, 1.807) is 0 Å². The van der Waals surface area contributed by atoms with Gasteiger partial charge in [-0.3, -0.25) is 0 Å². The van der Waals surface area contributed by atoms with Gasteiger partial charge in [0.15, 0.2) is 0 Å². The molecular formula is C19H25NS. The molecule has 0 heterocycles. The van der Waals surface area contributed by atoms with Crippen LogP contribution in [0.15, 0.2) is 53.4 Å². The first kappa shape index (κ1) is 16.1. The third-order valence-corrected chi connectivity index (χ3v) is 4.60. The van der Waals surface area contributed by atoms with Crippen LogP contribution in [0.5, 0.6) is 0 Å². The van der Waals surface area contributed by atoms with E-state index in [4.69, 9.17) is 5.73 Å². The first-order chi connectivity index (χ1) is 10.0. The number of rotatable bonds is 6. The van der Waals surface area contributed by atoms with E-state index in [1.165, 1.54) is 21.6 Å². The number of benzene rings is 2. The summed E-state index contributed by atoms with van der Waals surface area (Å²) in [4.78, 5) is 1.29. The largest absolute Gasteiger partial charge is 0.323 e. The minimum atomic E-state index is 0.0865. The van der Waals surface area contributed by atoms with Crippen LogP contribution in [0, 0.1) is 12.8 Å². The van der Waals surface area contributed by atoms with Gasteiger partial charge in [0.2, 0.25) is 0 Å². The molecule has 1 nitrogen and oxygen atoms in total. The standard InChI is InChI=1S/C19H25NS/c1-14(2)11-16-5-4-6-17(12-16)19(20)13-21-18-9-7-15(3)8-10-18/h4-10,12,14,19H,11,13,20H2,1-3H3. The summed E-state index contributed by atoms with van der Waals surface area (Å²) in [5, 5.41) is 0. The van der Waals surface area contributed by atoms with Crippen molar-refractivity contribution in [3.8, 4) is 0 Å². The minimum absolute atomic E-state index is 0.0865. The van der Waals surface area contributed by atoms with Crippen molar-refractivity contribution in [1.29, 1.82) is 0 Å². The molecule has 2 rings (SSSR count). The molecule has 0 radical (unpaired) electrons. The minimum Gasteiger partial charge on any atom is -0.323 e. The van der Waals surface area contributed by atoms with Crippen molar-refractivity contribution < 1.29 is 0 Å². The van der Waals surface area contributed by atoms with E-state index in [-0.39, 0.29) is 6.04 Å². The molecule has 1 unspecified atom stereocenters. The van der Waals surface area contributed by atoms with Gasteiger partial charge >= 0.3 is 0 Å². The second-order valence-corrected chi connectivity index (χ2v) is 7.17. The van der Waals surface area contributed by atoms with Crippen molar-refractivity contribution in [2.75, 3.05) is 5.75 Å². The van der Waals surface area contributed by atoms with Crippen molar-refractivity contribution in [3.63, 3.8) is 0 Å². The lowest BCUT2D eigenvalue weighted by Gasteiger charge is -2.14. The quantitative estimate of drug-likeness (QED) is 0.761. The molecule has 0 saturated heterocycles. The molecule has 0 saturated carbocycles. The van der Waals surface area contributed by atoms with E-state index >= 15 is 0 Å². The van der Waals surface area contributed by atoms with Crippen LogP contribution >= 0.6 is 11.8 Å². The Hall–Kier alpha value is -1.25. The van der Waals surface area contributed by atoms with Crippen molar-refractivity contribution in [2.24, 2.45) is 11.7 Å². The van der Waals surface area contributed by atoms with Gasteiger partial charge in [-0.05, 0) is 42.5 Å². The summed E-state index contributed by atoms with van der Waals surface area (Å²) in [7, 11) is 0. The van der Waals surface area contributed by atoms with Crippen LogP contribution < -0.4 is 5.73 Å². The lowest BCUT2D eigenvalue weighted by molar-refractivity contribution is 0.646. The molecule has 0 bridgehead atoms. The predicted molar refractivity (Wildman–Crippen MR) is 93.8 cm³/mol. The highest BCUT2D eigenvalue weighted by Gasteiger charge is 2.08. The topological polar surface area (TPSA) is 26.0 Å². The Morgan fingerprint density at radius 3 is 2.43 bits per heavy atom. The molecule has 0 aromatic heterocycles. The molecule has 112 valence electrons. The van der Waals surface area contributed by atoms with Crippen molar-refractivity contribution >= 4 is 11.8 Å². The molecule has 0 amide bonds. The Kier molecular flexibility index (Phi) is 5.89. The van der Waals surface area contributed by atoms with Crippen LogP contribution in [0.3, 0.4) is 0 Å². The Morgan fingerprint density at radius 2 is 1.76 bits per heavy atom. The molecule has 2 N–H and O–H groups in total. The smallest absolute Gasteiger partial charge is 0.0390 e. The number of nitrogens with two attached hydrogens (primary N) is 1. The van der Waals surface area contributed by atoms with Crippen LogP contribution in [0.25, 0.3) is 0 Å². The normalized spacial score (nSPS) is 12.6. The second kappa shape index (κ2) is 7.67. The van der Waals surface area contributed by atoms with Crippen LogP contribution in [0.2, 0.25) is 0 Å². The van der Waals surface area contributed by atoms with Gasteiger partial charge in [-0.1, -0.05) is 55.8 Å². The molecule has 21 heavy (non-hydrogen) atoms. The molecule has 2 heteroatoms. The van der Waals surface area contributed by atoms with Gasteiger partial charge in [0.1, 0.15) is 0 Å². The summed E-state index contributed by atoms with van der Waals surface area (Å²) in [6.45, 7) is 6.61. The molecule has 0 fully saturated rings. The van der Waals surface area contributed by atoms with Gasteiger partial charge in [-0.25, -0.2) is 0 Å². The van der Waals surface area contributed by atoms with Gasteiger partial charge in [0.05, 0.1) is 0 Å². The monoisotopic (exact) mass is 299 g/mol. The maximum atomic E-state index is 6.35. The third-order valence-electron chi connectivity index (χ3n) is 3.47. The van der Waals surface area contributed by atoms with Gasteiger partial charge in [-0.15, -0.1) is 11.8 Å². The summed E-state index contributed by atoms with van der Waals surface area (Å²) >= 11 is 1.83. The lowest BCUT2D eigenvalue weighted by Crippen LogP contribution is -2.13. The van der Waals surface area contributed by atoms with Crippen LogP contribution in [0.4, 0.5) is 0 Å². The van der Waals surface area contributed by atoms with E-state index in [2.05, 4.69) is 69.3 Å². The highest BCUT2D eigenvalue weighted by atomic mass is 32.2.